The summed E-state index contributed by atoms with van der Waals surface area (Å²) in [6.45, 7) is 2.11. The Labute approximate surface area is 171 Å². The minimum absolute atomic E-state index is 0.0692. The van der Waals surface area contributed by atoms with E-state index >= 15 is 0 Å². The zero-order chi connectivity index (χ0) is 20.2. The summed E-state index contributed by atoms with van der Waals surface area (Å²) < 4.78 is 2.10. The molecule has 146 valence electrons. The number of benzene rings is 3. The molecule has 1 heterocycles. The summed E-state index contributed by atoms with van der Waals surface area (Å²) >= 11 is 0. The quantitative estimate of drug-likeness (QED) is 0.517. The van der Waals surface area contributed by atoms with Crippen molar-refractivity contribution < 1.29 is 4.79 Å². The van der Waals surface area contributed by atoms with Crippen molar-refractivity contribution in [3.05, 3.63) is 101 Å². The highest BCUT2D eigenvalue weighted by atomic mass is 16.1. The van der Waals surface area contributed by atoms with Gasteiger partial charge in [0.05, 0.1) is 17.1 Å². The summed E-state index contributed by atoms with van der Waals surface area (Å²) in [6.07, 6.45) is 1.58. The number of carbonyl (C=O) groups is 1. The minimum atomic E-state index is -0.162. The molecule has 1 atom stereocenters. The molecule has 0 aliphatic rings. The number of rotatable bonds is 6. The highest BCUT2D eigenvalue weighted by Gasteiger charge is 2.19. The van der Waals surface area contributed by atoms with Crippen molar-refractivity contribution in [1.29, 1.82) is 0 Å². The zero-order valence-corrected chi connectivity index (χ0v) is 16.8. The first-order chi connectivity index (χ1) is 14.2. The number of fused-ring (bicyclic) bond motifs is 1. The molecule has 4 nitrogen and oxygen atoms in total. The van der Waals surface area contributed by atoms with E-state index in [1.807, 2.05) is 79.8 Å². The number of hydrogen-bond acceptors (Lipinski definition) is 2. The van der Waals surface area contributed by atoms with Crippen LogP contribution in [-0.4, -0.2) is 15.5 Å². The molecule has 1 unspecified atom stereocenters. The molecule has 0 saturated carbocycles. The van der Waals surface area contributed by atoms with Crippen molar-refractivity contribution in [1.82, 2.24) is 14.9 Å². The van der Waals surface area contributed by atoms with Crippen LogP contribution in [0, 0.1) is 0 Å². The van der Waals surface area contributed by atoms with Crippen LogP contribution >= 0.6 is 0 Å². The van der Waals surface area contributed by atoms with E-state index in [4.69, 9.17) is 4.98 Å². The lowest BCUT2D eigenvalue weighted by Crippen LogP contribution is -2.30. The first-order valence-corrected chi connectivity index (χ1v) is 10.0. The predicted molar refractivity (Wildman–Crippen MR) is 117 cm³/mol. The van der Waals surface area contributed by atoms with Crippen molar-refractivity contribution in [3.63, 3.8) is 0 Å². The van der Waals surface area contributed by atoms with Crippen LogP contribution in [0.25, 0.3) is 11.0 Å². The monoisotopic (exact) mass is 383 g/mol. The number of amides is 1. The lowest BCUT2D eigenvalue weighted by atomic mass is 10.0. The van der Waals surface area contributed by atoms with Gasteiger partial charge in [0.1, 0.15) is 5.82 Å². The van der Waals surface area contributed by atoms with Crippen molar-refractivity contribution >= 4 is 16.9 Å². The van der Waals surface area contributed by atoms with E-state index in [1.165, 1.54) is 5.56 Å². The molecular weight excluding hydrogens is 358 g/mol. The van der Waals surface area contributed by atoms with Crippen LogP contribution < -0.4 is 5.32 Å². The number of aromatic nitrogens is 2. The van der Waals surface area contributed by atoms with E-state index in [2.05, 4.69) is 22.9 Å². The van der Waals surface area contributed by atoms with Crippen molar-refractivity contribution in [2.45, 2.75) is 25.8 Å². The van der Waals surface area contributed by atoms with E-state index in [1.54, 1.807) is 0 Å². The van der Waals surface area contributed by atoms with E-state index in [-0.39, 0.29) is 11.9 Å². The van der Waals surface area contributed by atoms with Gasteiger partial charge < -0.3 is 9.88 Å². The summed E-state index contributed by atoms with van der Waals surface area (Å²) in [4.78, 5) is 17.7. The fraction of sp³-hybridized carbons (Fsp3) is 0.200. The predicted octanol–water partition coefficient (Wildman–Crippen LogP) is 4.85. The summed E-state index contributed by atoms with van der Waals surface area (Å²) in [6, 6.07) is 25.8. The van der Waals surface area contributed by atoms with Gasteiger partial charge in [-0.1, -0.05) is 61.5 Å². The SMILES string of the molecule is CCc1ccc(C(=O)NC(Cc2nc3ccccc3n2C)c2ccccc2)cc1. The molecule has 1 aromatic heterocycles. The highest BCUT2D eigenvalue weighted by Crippen LogP contribution is 2.22. The Hall–Kier alpha value is -3.40. The number of carbonyl (C=O) groups excluding carboxylic acids is 1. The number of aryl methyl sites for hydroxylation is 2. The molecule has 0 bridgehead atoms. The van der Waals surface area contributed by atoms with Crippen LogP contribution in [0.3, 0.4) is 0 Å². The maximum absolute atomic E-state index is 12.9. The highest BCUT2D eigenvalue weighted by molar-refractivity contribution is 5.94. The Bertz CT molecular complexity index is 1110. The molecule has 1 amide bonds. The van der Waals surface area contributed by atoms with Crippen molar-refractivity contribution in [2.75, 3.05) is 0 Å². The van der Waals surface area contributed by atoms with E-state index in [0.29, 0.717) is 12.0 Å². The molecule has 0 spiro atoms. The summed E-state index contributed by atoms with van der Waals surface area (Å²) in [5.41, 5.74) is 5.03. The van der Waals surface area contributed by atoms with Gasteiger partial charge in [-0.3, -0.25) is 4.79 Å². The Kier molecular flexibility index (Phi) is 5.43. The van der Waals surface area contributed by atoms with Crippen molar-refractivity contribution in [2.24, 2.45) is 7.05 Å². The van der Waals surface area contributed by atoms with Gasteiger partial charge in [0.2, 0.25) is 0 Å². The summed E-state index contributed by atoms with van der Waals surface area (Å²) in [7, 11) is 2.03. The molecule has 4 rings (SSSR count). The Morgan fingerprint density at radius 2 is 1.66 bits per heavy atom. The first-order valence-electron chi connectivity index (χ1n) is 10.0. The normalized spacial score (nSPS) is 12.1. The van der Waals surface area contributed by atoms with Gasteiger partial charge in [-0.05, 0) is 41.8 Å². The number of nitrogens with one attached hydrogen (secondary N) is 1. The van der Waals surface area contributed by atoms with Crippen LogP contribution in [0.1, 0.15) is 40.3 Å². The second-order valence-electron chi connectivity index (χ2n) is 7.27. The van der Waals surface area contributed by atoms with Crippen molar-refractivity contribution in [3.8, 4) is 0 Å². The zero-order valence-electron chi connectivity index (χ0n) is 16.8. The molecule has 29 heavy (non-hydrogen) atoms. The average Bonchev–Trinajstić information content (AvgIpc) is 3.09. The van der Waals surface area contributed by atoms with Gasteiger partial charge in [0.15, 0.2) is 0 Å². The lowest BCUT2D eigenvalue weighted by Gasteiger charge is -2.19. The molecule has 0 radical (unpaired) electrons. The molecule has 4 heteroatoms. The fourth-order valence-electron chi connectivity index (χ4n) is 3.63. The van der Waals surface area contributed by atoms with Crippen LogP contribution in [0.5, 0.6) is 0 Å². The molecule has 0 fully saturated rings. The minimum Gasteiger partial charge on any atom is -0.345 e. The smallest absolute Gasteiger partial charge is 0.251 e. The fourth-order valence-corrected chi connectivity index (χ4v) is 3.63. The average molecular weight is 383 g/mol. The standard InChI is InChI=1S/C25H25N3O/c1-3-18-13-15-20(16-14-18)25(29)27-22(19-9-5-4-6-10-19)17-24-26-21-11-7-8-12-23(21)28(24)2/h4-16,22H,3,17H2,1-2H3,(H,27,29). The Balaban J connectivity index is 1.62. The van der Waals surface area contributed by atoms with Gasteiger partial charge in [0.25, 0.3) is 5.91 Å². The maximum atomic E-state index is 12.9. The molecule has 3 aromatic carbocycles. The molecule has 1 N–H and O–H groups in total. The van der Waals surface area contributed by atoms with Crippen LogP contribution in [0.2, 0.25) is 0 Å². The number of para-hydroxylation sites is 2. The third-order valence-electron chi connectivity index (χ3n) is 5.40. The maximum Gasteiger partial charge on any atom is 0.251 e. The Morgan fingerprint density at radius 1 is 0.966 bits per heavy atom. The van der Waals surface area contributed by atoms with Gasteiger partial charge in [-0.2, -0.15) is 0 Å². The summed E-state index contributed by atoms with van der Waals surface area (Å²) in [5.74, 6) is 0.877. The van der Waals surface area contributed by atoms with Gasteiger partial charge >= 0.3 is 0 Å². The number of hydrogen-bond donors (Lipinski definition) is 1. The largest absolute Gasteiger partial charge is 0.345 e. The second kappa shape index (κ2) is 8.31. The molecular formula is C25H25N3O. The van der Waals surface area contributed by atoms with E-state index in [0.717, 1.165) is 28.8 Å². The Morgan fingerprint density at radius 3 is 2.34 bits per heavy atom. The number of imidazole rings is 1. The van der Waals surface area contributed by atoms with E-state index < -0.39 is 0 Å². The van der Waals surface area contributed by atoms with Crippen LogP contribution in [0.15, 0.2) is 78.9 Å². The summed E-state index contributed by atoms with van der Waals surface area (Å²) in [5, 5.41) is 3.21. The van der Waals surface area contributed by atoms with Crippen LogP contribution in [-0.2, 0) is 19.9 Å². The van der Waals surface area contributed by atoms with Gasteiger partial charge in [-0.25, -0.2) is 4.98 Å². The molecule has 0 aliphatic carbocycles. The lowest BCUT2D eigenvalue weighted by molar-refractivity contribution is 0.0936. The molecule has 0 saturated heterocycles. The molecule has 4 aromatic rings. The molecule has 0 aliphatic heterocycles. The first kappa shape index (κ1) is 18.9. The topological polar surface area (TPSA) is 46.9 Å². The third kappa shape index (κ3) is 4.06. The third-order valence-corrected chi connectivity index (χ3v) is 5.40. The van der Waals surface area contributed by atoms with E-state index in [9.17, 15) is 4.79 Å². The van der Waals surface area contributed by atoms with Gasteiger partial charge in [-0.15, -0.1) is 0 Å². The number of nitrogens with zero attached hydrogens (tertiary/aromatic N) is 2. The van der Waals surface area contributed by atoms with Gasteiger partial charge in [0, 0.05) is 19.0 Å². The van der Waals surface area contributed by atoms with Crippen LogP contribution in [0.4, 0.5) is 0 Å². The second-order valence-corrected chi connectivity index (χ2v) is 7.27.